The Morgan fingerprint density at radius 1 is 1.44 bits per heavy atom. The molecule has 6 heteroatoms. The van der Waals surface area contributed by atoms with Gasteiger partial charge in [0.15, 0.2) is 5.78 Å². The topological polar surface area (TPSA) is 80.4 Å². The quantitative estimate of drug-likeness (QED) is 0.466. The summed E-state index contributed by atoms with van der Waals surface area (Å²) in [6.45, 7) is 2.06. The van der Waals surface area contributed by atoms with Gasteiger partial charge in [-0.2, -0.15) is 11.8 Å². The monoisotopic (exact) mass is 269 g/mol. The second-order valence-electron chi connectivity index (χ2n) is 3.86. The van der Waals surface area contributed by atoms with Gasteiger partial charge < -0.3 is 5.11 Å². The lowest BCUT2D eigenvalue weighted by Gasteiger charge is -2.08. The number of hydrogen-bond donors (Lipinski definition) is 1. The molecule has 98 valence electrons. The maximum atomic E-state index is 11.8. The van der Waals surface area contributed by atoms with Gasteiger partial charge in [-0.05, 0) is 18.6 Å². The average Bonchev–Trinajstić information content (AvgIpc) is 2.36. The lowest BCUT2D eigenvalue weighted by atomic mass is 10.1. The number of Topliss-reactive ketones (excluding diaryl/α,β-unsaturated/α-hetero) is 1. The number of thioether (sulfide) groups is 1. The molecule has 1 atom stereocenters. The van der Waals surface area contributed by atoms with E-state index in [-0.39, 0.29) is 23.3 Å². The number of nitro groups is 1. The molecule has 1 rings (SSSR count). The van der Waals surface area contributed by atoms with Crippen LogP contribution in [0.5, 0.6) is 0 Å². The van der Waals surface area contributed by atoms with Crippen LogP contribution in [0.2, 0.25) is 0 Å². The molecule has 0 spiro atoms. The molecule has 1 aromatic carbocycles. The number of hydrogen-bond acceptors (Lipinski definition) is 5. The van der Waals surface area contributed by atoms with Crippen LogP contribution in [-0.2, 0) is 0 Å². The van der Waals surface area contributed by atoms with Gasteiger partial charge in [-0.1, -0.05) is 6.92 Å². The van der Waals surface area contributed by atoms with Crippen molar-refractivity contribution in [3.63, 3.8) is 0 Å². The van der Waals surface area contributed by atoms with E-state index in [9.17, 15) is 14.9 Å². The number of rotatable bonds is 7. The summed E-state index contributed by atoms with van der Waals surface area (Å²) in [4.78, 5) is 21.7. The van der Waals surface area contributed by atoms with Crippen LogP contribution in [0, 0.1) is 10.1 Å². The third-order valence-corrected chi connectivity index (χ3v) is 3.67. The summed E-state index contributed by atoms with van der Waals surface area (Å²) in [6.07, 6.45) is 0.651. The fourth-order valence-electron chi connectivity index (χ4n) is 1.34. The summed E-state index contributed by atoms with van der Waals surface area (Å²) in [5.74, 6) is 0.263. The first kappa shape index (κ1) is 14.7. The number of ketones is 1. The molecule has 18 heavy (non-hydrogen) atoms. The number of non-ortho nitro benzene ring substituents is 1. The normalized spacial score (nSPS) is 12.1. The number of nitrogens with zero attached hydrogens (tertiary/aromatic N) is 1. The lowest BCUT2D eigenvalue weighted by molar-refractivity contribution is -0.384. The molecule has 0 saturated heterocycles. The van der Waals surface area contributed by atoms with Gasteiger partial charge in [-0.25, -0.2) is 0 Å². The molecule has 0 aliphatic heterocycles. The minimum Gasteiger partial charge on any atom is -0.396 e. The molecule has 0 bridgehead atoms. The van der Waals surface area contributed by atoms with Crippen LogP contribution >= 0.6 is 11.8 Å². The molecule has 1 aromatic rings. The van der Waals surface area contributed by atoms with Crippen LogP contribution in [0.3, 0.4) is 0 Å². The molecule has 0 radical (unpaired) electrons. The number of aliphatic hydroxyl groups is 1. The summed E-state index contributed by atoms with van der Waals surface area (Å²) in [6, 6.07) is 5.60. The van der Waals surface area contributed by atoms with Crippen LogP contribution in [0.25, 0.3) is 0 Å². The molecule has 0 aliphatic carbocycles. The van der Waals surface area contributed by atoms with Crippen LogP contribution in [0.1, 0.15) is 23.7 Å². The number of carbonyl (C=O) groups is 1. The molecule has 0 heterocycles. The van der Waals surface area contributed by atoms with E-state index in [0.29, 0.717) is 17.7 Å². The van der Waals surface area contributed by atoms with E-state index in [1.807, 2.05) is 6.92 Å². The Morgan fingerprint density at radius 3 is 2.56 bits per heavy atom. The molecule has 0 aliphatic rings. The molecule has 0 amide bonds. The summed E-state index contributed by atoms with van der Waals surface area (Å²) in [5.41, 5.74) is 0.456. The van der Waals surface area contributed by atoms with E-state index in [1.54, 1.807) is 0 Å². The Morgan fingerprint density at radius 2 is 2.06 bits per heavy atom. The first-order valence-electron chi connectivity index (χ1n) is 5.54. The molecule has 0 saturated carbocycles. The first-order chi connectivity index (χ1) is 8.54. The van der Waals surface area contributed by atoms with E-state index in [2.05, 4.69) is 0 Å². The van der Waals surface area contributed by atoms with Gasteiger partial charge in [0.2, 0.25) is 0 Å². The largest absolute Gasteiger partial charge is 0.396 e. The zero-order valence-electron chi connectivity index (χ0n) is 10.0. The van der Waals surface area contributed by atoms with Crippen molar-refractivity contribution in [1.29, 1.82) is 0 Å². The highest BCUT2D eigenvalue weighted by atomic mass is 32.2. The summed E-state index contributed by atoms with van der Waals surface area (Å²) < 4.78 is 0. The van der Waals surface area contributed by atoms with Crippen LogP contribution < -0.4 is 0 Å². The van der Waals surface area contributed by atoms with Crippen molar-refractivity contribution in [2.24, 2.45) is 0 Å². The molecule has 0 fully saturated rings. The predicted molar refractivity (Wildman–Crippen MR) is 71.0 cm³/mol. The molecule has 0 aromatic heterocycles. The lowest BCUT2D eigenvalue weighted by Crippen LogP contribution is -2.07. The maximum absolute atomic E-state index is 11.8. The minimum atomic E-state index is -0.494. The predicted octanol–water partition coefficient (Wildman–Crippen LogP) is 2.28. The van der Waals surface area contributed by atoms with Gasteiger partial charge >= 0.3 is 0 Å². The highest BCUT2D eigenvalue weighted by molar-refractivity contribution is 8.00. The Labute approximate surface area is 109 Å². The number of benzene rings is 1. The standard InChI is InChI=1S/C12H15NO4S/c1-9(6-7-14)18-8-12(15)10-2-4-11(5-3-10)13(16)17/h2-5,9,14H,6-8H2,1H3. The van der Waals surface area contributed by atoms with E-state index in [1.165, 1.54) is 36.0 Å². The zero-order chi connectivity index (χ0) is 13.5. The fraction of sp³-hybridized carbons (Fsp3) is 0.417. The average molecular weight is 269 g/mol. The van der Waals surface area contributed by atoms with E-state index in [0.717, 1.165) is 0 Å². The third-order valence-electron chi connectivity index (χ3n) is 2.43. The van der Waals surface area contributed by atoms with Crippen LogP contribution in [0.15, 0.2) is 24.3 Å². The second-order valence-corrected chi connectivity index (χ2v) is 5.29. The molecule has 1 unspecified atom stereocenters. The van der Waals surface area contributed by atoms with Gasteiger partial charge in [0.1, 0.15) is 0 Å². The second kappa shape index (κ2) is 7.13. The number of aliphatic hydroxyl groups excluding tert-OH is 1. The highest BCUT2D eigenvalue weighted by Gasteiger charge is 2.11. The van der Waals surface area contributed by atoms with Crippen molar-refractivity contribution >= 4 is 23.2 Å². The van der Waals surface area contributed by atoms with Gasteiger partial charge in [0.05, 0.1) is 10.7 Å². The van der Waals surface area contributed by atoms with E-state index >= 15 is 0 Å². The number of nitro benzene ring substituents is 1. The van der Waals surface area contributed by atoms with Crippen molar-refractivity contribution in [2.75, 3.05) is 12.4 Å². The Kier molecular flexibility index (Phi) is 5.80. The summed E-state index contributed by atoms with van der Waals surface area (Å²) in [5, 5.41) is 19.4. The molecular weight excluding hydrogens is 254 g/mol. The maximum Gasteiger partial charge on any atom is 0.269 e. The summed E-state index contributed by atoms with van der Waals surface area (Å²) in [7, 11) is 0. The highest BCUT2D eigenvalue weighted by Crippen LogP contribution is 2.17. The Balaban J connectivity index is 2.54. The Bertz CT molecular complexity index is 419. The van der Waals surface area contributed by atoms with Crippen LogP contribution in [0.4, 0.5) is 5.69 Å². The molecule has 5 nitrogen and oxygen atoms in total. The van der Waals surface area contributed by atoms with Crippen molar-refractivity contribution in [3.8, 4) is 0 Å². The van der Waals surface area contributed by atoms with Crippen molar-refractivity contribution in [2.45, 2.75) is 18.6 Å². The third kappa shape index (κ3) is 4.46. The van der Waals surface area contributed by atoms with Gasteiger partial charge in [0.25, 0.3) is 5.69 Å². The van der Waals surface area contributed by atoms with Gasteiger partial charge in [0, 0.05) is 29.6 Å². The smallest absolute Gasteiger partial charge is 0.269 e. The van der Waals surface area contributed by atoms with Gasteiger partial charge in [-0.3, -0.25) is 14.9 Å². The fourth-order valence-corrected chi connectivity index (χ4v) is 2.21. The van der Waals surface area contributed by atoms with Crippen molar-refractivity contribution in [1.82, 2.24) is 0 Å². The molecular formula is C12H15NO4S. The van der Waals surface area contributed by atoms with E-state index < -0.39 is 4.92 Å². The SMILES string of the molecule is CC(CCO)SCC(=O)c1ccc([N+](=O)[O-])cc1. The Hall–Kier alpha value is -1.40. The van der Waals surface area contributed by atoms with Crippen molar-refractivity contribution in [3.05, 3.63) is 39.9 Å². The number of carbonyl (C=O) groups excluding carboxylic acids is 1. The molecule has 1 N–H and O–H groups in total. The van der Waals surface area contributed by atoms with Gasteiger partial charge in [-0.15, -0.1) is 0 Å². The van der Waals surface area contributed by atoms with Crippen molar-refractivity contribution < 1.29 is 14.8 Å². The van der Waals surface area contributed by atoms with Crippen LogP contribution in [-0.4, -0.2) is 33.4 Å². The first-order valence-corrected chi connectivity index (χ1v) is 6.59. The van der Waals surface area contributed by atoms with E-state index in [4.69, 9.17) is 5.11 Å². The zero-order valence-corrected chi connectivity index (χ0v) is 10.9. The minimum absolute atomic E-state index is 0.0205. The summed E-state index contributed by atoms with van der Waals surface area (Å²) >= 11 is 1.47.